The van der Waals surface area contributed by atoms with Crippen LogP contribution in [-0.2, 0) is 11.3 Å². The highest BCUT2D eigenvalue weighted by Crippen LogP contribution is 2.45. The fraction of sp³-hybridized carbons (Fsp3) is 0.467. The van der Waals surface area contributed by atoms with Gasteiger partial charge in [0.2, 0.25) is 5.91 Å². The van der Waals surface area contributed by atoms with Crippen LogP contribution in [0.15, 0.2) is 12.1 Å². The van der Waals surface area contributed by atoms with E-state index in [-0.39, 0.29) is 5.91 Å². The van der Waals surface area contributed by atoms with Gasteiger partial charge in [-0.2, -0.15) is 5.26 Å². The minimum absolute atomic E-state index is 0.169. The molecule has 1 N–H and O–H groups in total. The third-order valence-electron chi connectivity index (χ3n) is 3.62. The molecule has 19 heavy (non-hydrogen) atoms. The zero-order chi connectivity index (χ0) is 14.0. The number of carbonyl (C=O) groups is 1. The largest absolute Gasteiger partial charge is 0.496 e. The lowest BCUT2D eigenvalue weighted by Crippen LogP contribution is -2.31. The number of benzene rings is 1. The van der Waals surface area contributed by atoms with Crippen molar-refractivity contribution in [2.75, 3.05) is 7.11 Å². The Labute approximate surface area is 113 Å². The third-order valence-corrected chi connectivity index (χ3v) is 3.62. The molecule has 1 aromatic carbocycles. The molecule has 1 aromatic rings. The number of nitrogens with zero attached hydrogens (tertiary/aromatic N) is 1. The lowest BCUT2D eigenvalue weighted by atomic mass is 10.0. The molecule has 1 aliphatic rings. The monoisotopic (exact) mass is 258 g/mol. The van der Waals surface area contributed by atoms with E-state index in [2.05, 4.69) is 17.5 Å². The number of amides is 1. The molecule has 100 valence electrons. The Bertz CT molecular complexity index is 554. The van der Waals surface area contributed by atoms with Gasteiger partial charge in [-0.3, -0.25) is 4.79 Å². The number of hydrogen-bond donors (Lipinski definition) is 1. The molecule has 0 atom stereocenters. The first-order valence-electron chi connectivity index (χ1n) is 6.36. The highest BCUT2D eigenvalue weighted by molar-refractivity contribution is 5.88. The molecule has 1 fully saturated rings. The van der Waals surface area contributed by atoms with Crippen LogP contribution in [0.4, 0.5) is 0 Å². The van der Waals surface area contributed by atoms with E-state index in [1.807, 2.05) is 19.9 Å². The summed E-state index contributed by atoms with van der Waals surface area (Å²) in [5.41, 5.74) is 2.40. The van der Waals surface area contributed by atoms with Gasteiger partial charge in [-0.05, 0) is 43.9 Å². The van der Waals surface area contributed by atoms with Crippen LogP contribution in [0.25, 0.3) is 0 Å². The van der Waals surface area contributed by atoms with Crippen molar-refractivity contribution in [3.8, 4) is 11.8 Å². The molecule has 0 heterocycles. The first kappa shape index (κ1) is 13.4. The van der Waals surface area contributed by atoms with Crippen LogP contribution in [0.5, 0.6) is 5.75 Å². The molecule has 1 aliphatic carbocycles. The molecule has 0 unspecified atom stereocenters. The van der Waals surface area contributed by atoms with Crippen molar-refractivity contribution < 1.29 is 9.53 Å². The van der Waals surface area contributed by atoms with Crippen LogP contribution in [0.1, 0.15) is 29.5 Å². The maximum Gasteiger partial charge on any atom is 0.240 e. The summed E-state index contributed by atoms with van der Waals surface area (Å²) in [6.07, 6.45) is 1.33. The highest BCUT2D eigenvalue weighted by Gasteiger charge is 2.50. The minimum atomic E-state index is -0.772. The predicted octanol–water partition coefficient (Wildman–Crippen LogP) is 2.23. The van der Waals surface area contributed by atoms with E-state index in [1.54, 1.807) is 7.11 Å². The molecule has 0 aliphatic heterocycles. The average Bonchev–Trinajstić information content (AvgIpc) is 3.17. The Morgan fingerprint density at radius 3 is 2.68 bits per heavy atom. The lowest BCUT2D eigenvalue weighted by Gasteiger charge is -2.14. The SMILES string of the molecule is COc1cc(C)cc(C)c1CNC(=O)C1(C#N)CC1. The standard InChI is InChI=1S/C15H18N2O2/c1-10-6-11(2)12(13(7-10)19-3)8-17-14(18)15(9-16)4-5-15/h6-7H,4-5,8H2,1-3H3,(H,17,18). The van der Waals surface area contributed by atoms with Gasteiger partial charge in [0.15, 0.2) is 0 Å². The lowest BCUT2D eigenvalue weighted by molar-refractivity contribution is -0.124. The van der Waals surface area contributed by atoms with Crippen molar-refractivity contribution in [3.05, 3.63) is 28.8 Å². The van der Waals surface area contributed by atoms with E-state index >= 15 is 0 Å². The molecule has 1 saturated carbocycles. The number of nitrogens with one attached hydrogen (secondary N) is 1. The quantitative estimate of drug-likeness (QED) is 0.900. The molecule has 0 spiro atoms. The summed E-state index contributed by atoms with van der Waals surface area (Å²) >= 11 is 0. The van der Waals surface area contributed by atoms with Crippen molar-refractivity contribution in [2.45, 2.75) is 33.2 Å². The number of aryl methyl sites for hydroxylation is 2. The Balaban J connectivity index is 2.12. The smallest absolute Gasteiger partial charge is 0.240 e. The van der Waals surface area contributed by atoms with E-state index in [0.717, 1.165) is 22.4 Å². The zero-order valence-electron chi connectivity index (χ0n) is 11.5. The maximum atomic E-state index is 11.9. The van der Waals surface area contributed by atoms with Crippen LogP contribution in [0.3, 0.4) is 0 Å². The molecule has 0 aromatic heterocycles. The minimum Gasteiger partial charge on any atom is -0.496 e. The highest BCUT2D eigenvalue weighted by atomic mass is 16.5. The fourth-order valence-corrected chi connectivity index (χ4v) is 2.22. The van der Waals surface area contributed by atoms with Crippen LogP contribution in [-0.4, -0.2) is 13.0 Å². The van der Waals surface area contributed by atoms with Crippen molar-refractivity contribution in [1.29, 1.82) is 5.26 Å². The Hall–Kier alpha value is -2.02. The molecular formula is C15H18N2O2. The Morgan fingerprint density at radius 2 is 2.16 bits per heavy atom. The van der Waals surface area contributed by atoms with Crippen molar-refractivity contribution >= 4 is 5.91 Å². The molecule has 4 nitrogen and oxygen atoms in total. The average molecular weight is 258 g/mol. The van der Waals surface area contributed by atoms with Crippen LogP contribution in [0, 0.1) is 30.6 Å². The van der Waals surface area contributed by atoms with Crippen molar-refractivity contribution in [2.24, 2.45) is 5.41 Å². The molecule has 0 bridgehead atoms. The topological polar surface area (TPSA) is 62.1 Å². The van der Waals surface area contributed by atoms with Gasteiger partial charge in [0, 0.05) is 12.1 Å². The van der Waals surface area contributed by atoms with Gasteiger partial charge in [0.25, 0.3) is 0 Å². The van der Waals surface area contributed by atoms with E-state index in [4.69, 9.17) is 10.00 Å². The van der Waals surface area contributed by atoms with E-state index in [9.17, 15) is 4.79 Å². The third kappa shape index (κ3) is 2.55. The summed E-state index contributed by atoms with van der Waals surface area (Å²) in [5, 5.41) is 11.8. The Morgan fingerprint density at radius 1 is 1.47 bits per heavy atom. The van der Waals surface area contributed by atoms with E-state index < -0.39 is 5.41 Å². The second kappa shape index (κ2) is 4.93. The van der Waals surface area contributed by atoms with E-state index in [0.29, 0.717) is 19.4 Å². The number of ether oxygens (including phenoxy) is 1. The first-order chi connectivity index (χ1) is 9.02. The number of rotatable bonds is 4. The van der Waals surface area contributed by atoms with Crippen LogP contribution < -0.4 is 10.1 Å². The fourth-order valence-electron chi connectivity index (χ4n) is 2.22. The van der Waals surface area contributed by atoms with Gasteiger partial charge in [-0.1, -0.05) is 6.07 Å². The number of carbonyl (C=O) groups excluding carboxylic acids is 1. The van der Waals surface area contributed by atoms with Crippen molar-refractivity contribution in [1.82, 2.24) is 5.32 Å². The predicted molar refractivity (Wildman–Crippen MR) is 71.6 cm³/mol. The van der Waals surface area contributed by atoms with Crippen LogP contribution in [0.2, 0.25) is 0 Å². The second-order valence-electron chi connectivity index (χ2n) is 5.14. The normalized spacial score (nSPS) is 15.5. The van der Waals surface area contributed by atoms with Gasteiger partial charge in [-0.25, -0.2) is 0 Å². The number of hydrogen-bond acceptors (Lipinski definition) is 3. The van der Waals surface area contributed by atoms with Gasteiger partial charge < -0.3 is 10.1 Å². The van der Waals surface area contributed by atoms with Gasteiger partial charge in [0.05, 0.1) is 13.2 Å². The number of methoxy groups -OCH3 is 1. The second-order valence-corrected chi connectivity index (χ2v) is 5.14. The number of nitriles is 1. The molecule has 0 saturated heterocycles. The van der Waals surface area contributed by atoms with Gasteiger partial charge in [0.1, 0.15) is 11.2 Å². The van der Waals surface area contributed by atoms with E-state index in [1.165, 1.54) is 0 Å². The summed E-state index contributed by atoms with van der Waals surface area (Å²) in [5.74, 6) is 0.608. The van der Waals surface area contributed by atoms with Gasteiger partial charge in [-0.15, -0.1) is 0 Å². The molecule has 2 rings (SSSR count). The Kier molecular flexibility index (Phi) is 3.48. The summed E-state index contributed by atoms with van der Waals surface area (Å²) in [6, 6.07) is 6.10. The summed E-state index contributed by atoms with van der Waals surface area (Å²) in [4.78, 5) is 11.9. The maximum absolute atomic E-state index is 11.9. The molecular weight excluding hydrogens is 240 g/mol. The first-order valence-corrected chi connectivity index (χ1v) is 6.36. The van der Waals surface area contributed by atoms with Gasteiger partial charge >= 0.3 is 0 Å². The summed E-state index contributed by atoms with van der Waals surface area (Å²) in [7, 11) is 1.62. The summed E-state index contributed by atoms with van der Waals surface area (Å²) < 4.78 is 5.35. The molecule has 4 heteroatoms. The molecule has 1 amide bonds. The van der Waals surface area contributed by atoms with Crippen LogP contribution >= 0.6 is 0 Å². The zero-order valence-corrected chi connectivity index (χ0v) is 11.5. The molecule has 0 radical (unpaired) electrons. The van der Waals surface area contributed by atoms with Crippen molar-refractivity contribution in [3.63, 3.8) is 0 Å². The summed E-state index contributed by atoms with van der Waals surface area (Å²) in [6.45, 7) is 4.40.